The molecule has 0 aromatic heterocycles. The molecule has 0 heterocycles. The zero-order valence-electron chi connectivity index (χ0n) is 3.54. The first kappa shape index (κ1) is 10.4. The van der Waals surface area contributed by atoms with E-state index in [1.54, 1.807) is 0 Å². The van der Waals surface area contributed by atoms with Crippen LogP contribution in [0.15, 0.2) is 0 Å². The maximum atomic E-state index is 10.8. The average molecular weight is 128 g/mol. The van der Waals surface area contributed by atoms with Gasteiger partial charge >= 0.3 is 6.18 Å². The van der Waals surface area contributed by atoms with Crippen molar-refractivity contribution in [1.82, 2.24) is 0 Å². The molecule has 0 saturated heterocycles. The zero-order valence-corrected chi connectivity index (χ0v) is 3.54. The third kappa shape index (κ3) is 3.64. The maximum absolute atomic E-state index is 10.8. The minimum absolute atomic E-state index is 0. The monoisotopic (exact) mass is 128 g/mol. The van der Waals surface area contributed by atoms with Crippen LogP contribution in [0, 0.1) is 0 Å². The van der Waals surface area contributed by atoms with Crippen molar-refractivity contribution in [3.63, 3.8) is 0 Å². The Labute approximate surface area is 45.5 Å². The Balaban J connectivity index is 0. The van der Waals surface area contributed by atoms with Gasteiger partial charge in [-0.2, -0.15) is 13.2 Å². The molecule has 0 aliphatic rings. The predicted molar refractivity (Wildman–Crippen MR) is 23.5 cm³/mol. The van der Waals surface area contributed by atoms with Crippen molar-refractivity contribution in [3.8, 4) is 0 Å². The molecule has 0 atom stereocenters. The van der Waals surface area contributed by atoms with Gasteiger partial charge in [-0.3, -0.25) is 4.79 Å². The van der Waals surface area contributed by atoms with Crippen molar-refractivity contribution in [3.05, 3.63) is 0 Å². The summed E-state index contributed by atoms with van der Waals surface area (Å²) in [4.78, 5) is 9.34. The smallest absolute Gasteiger partial charge is 0.290 e. The maximum Gasteiger partial charge on any atom is 0.449 e. The molecular formula is C4H7F3O. The molecule has 4 heteroatoms. The SMILES string of the molecule is C.CC(=O)C(F)(F)F. The van der Waals surface area contributed by atoms with Crippen molar-refractivity contribution in [2.75, 3.05) is 0 Å². The summed E-state index contributed by atoms with van der Waals surface area (Å²) >= 11 is 0. The van der Waals surface area contributed by atoms with E-state index in [9.17, 15) is 18.0 Å². The molecule has 0 unspecified atom stereocenters. The minimum atomic E-state index is -4.64. The largest absolute Gasteiger partial charge is 0.449 e. The third-order valence-electron chi connectivity index (χ3n) is 0.399. The fraction of sp³-hybridized carbons (Fsp3) is 0.750. The van der Waals surface area contributed by atoms with Crippen molar-refractivity contribution < 1.29 is 18.0 Å². The normalized spacial score (nSPS) is 10.0. The summed E-state index contributed by atoms with van der Waals surface area (Å²) < 4.78 is 32.5. The molecule has 0 spiro atoms. The second kappa shape index (κ2) is 2.69. The molecule has 0 amide bonds. The standard InChI is InChI=1S/C3H3F3O.CH4/c1-2(7)3(4,5)6;/h1H3;1H4. The summed E-state index contributed by atoms with van der Waals surface area (Å²) in [5.41, 5.74) is 0. The van der Waals surface area contributed by atoms with Crippen LogP contribution in [0.25, 0.3) is 0 Å². The molecule has 0 rings (SSSR count). The summed E-state index contributed by atoms with van der Waals surface area (Å²) in [6, 6.07) is 0. The highest BCUT2D eigenvalue weighted by molar-refractivity contribution is 5.81. The molecule has 0 bridgehead atoms. The summed E-state index contributed by atoms with van der Waals surface area (Å²) in [6.07, 6.45) is -4.64. The van der Waals surface area contributed by atoms with Crippen LogP contribution in [0.4, 0.5) is 13.2 Å². The molecular weight excluding hydrogens is 121 g/mol. The summed E-state index contributed by atoms with van der Waals surface area (Å²) in [6.45, 7) is 0.486. The average Bonchev–Trinajstić information content (AvgIpc) is 1.31. The van der Waals surface area contributed by atoms with E-state index in [1.807, 2.05) is 0 Å². The van der Waals surface area contributed by atoms with Gasteiger partial charge in [0, 0.05) is 6.92 Å². The van der Waals surface area contributed by atoms with E-state index in [0.717, 1.165) is 0 Å². The van der Waals surface area contributed by atoms with Gasteiger partial charge in [0.25, 0.3) is 0 Å². The van der Waals surface area contributed by atoms with E-state index in [2.05, 4.69) is 0 Å². The number of Topliss-reactive ketones (excluding diaryl/α,β-unsaturated/α-hetero) is 1. The summed E-state index contributed by atoms with van der Waals surface area (Å²) in [5, 5.41) is 0. The van der Waals surface area contributed by atoms with Crippen LogP contribution in [0.2, 0.25) is 0 Å². The quantitative estimate of drug-likeness (QED) is 0.486. The molecule has 0 fully saturated rings. The van der Waals surface area contributed by atoms with Crippen molar-refractivity contribution in [2.24, 2.45) is 0 Å². The lowest BCUT2D eigenvalue weighted by atomic mass is 10.5. The summed E-state index contributed by atoms with van der Waals surface area (Å²) in [5.74, 6) is -1.76. The first-order valence-electron chi connectivity index (χ1n) is 1.52. The molecule has 0 aliphatic heterocycles. The minimum Gasteiger partial charge on any atom is -0.290 e. The van der Waals surface area contributed by atoms with Gasteiger partial charge in [-0.15, -0.1) is 0 Å². The van der Waals surface area contributed by atoms with Crippen LogP contribution in [-0.2, 0) is 4.79 Å². The third-order valence-corrected chi connectivity index (χ3v) is 0.399. The Hall–Kier alpha value is -0.540. The van der Waals surface area contributed by atoms with Crippen LogP contribution in [0.1, 0.15) is 14.4 Å². The van der Waals surface area contributed by atoms with Gasteiger partial charge in [0.15, 0.2) is 0 Å². The van der Waals surface area contributed by atoms with Crippen molar-refractivity contribution in [2.45, 2.75) is 20.5 Å². The summed E-state index contributed by atoms with van der Waals surface area (Å²) in [7, 11) is 0. The molecule has 0 saturated carbocycles. The fourth-order valence-corrected chi connectivity index (χ4v) is 0. The number of halogens is 3. The van der Waals surface area contributed by atoms with Gasteiger partial charge in [0.05, 0.1) is 0 Å². The number of carbonyl (C=O) groups excluding carboxylic acids is 1. The highest BCUT2D eigenvalue weighted by Crippen LogP contribution is 2.14. The van der Waals surface area contributed by atoms with E-state index in [1.165, 1.54) is 0 Å². The van der Waals surface area contributed by atoms with E-state index >= 15 is 0 Å². The molecule has 0 aromatic rings. The van der Waals surface area contributed by atoms with Gasteiger partial charge < -0.3 is 0 Å². The van der Waals surface area contributed by atoms with Crippen molar-refractivity contribution in [1.29, 1.82) is 0 Å². The first-order chi connectivity index (χ1) is 2.94. The molecule has 0 aromatic carbocycles. The van der Waals surface area contributed by atoms with E-state index < -0.39 is 12.0 Å². The lowest BCUT2D eigenvalue weighted by Crippen LogP contribution is -2.18. The molecule has 0 aliphatic carbocycles. The van der Waals surface area contributed by atoms with Gasteiger partial charge in [-0.1, -0.05) is 7.43 Å². The zero-order chi connectivity index (χ0) is 6.08. The molecule has 0 radical (unpaired) electrons. The van der Waals surface area contributed by atoms with Crippen LogP contribution in [0.5, 0.6) is 0 Å². The number of alkyl halides is 3. The van der Waals surface area contributed by atoms with Crippen LogP contribution < -0.4 is 0 Å². The molecule has 0 N–H and O–H groups in total. The van der Waals surface area contributed by atoms with E-state index in [-0.39, 0.29) is 7.43 Å². The van der Waals surface area contributed by atoms with Crippen LogP contribution in [-0.4, -0.2) is 12.0 Å². The second-order valence-corrected chi connectivity index (χ2v) is 1.05. The highest BCUT2D eigenvalue weighted by Gasteiger charge is 2.33. The van der Waals surface area contributed by atoms with Crippen LogP contribution >= 0.6 is 0 Å². The van der Waals surface area contributed by atoms with Gasteiger partial charge in [-0.25, -0.2) is 0 Å². The first-order valence-corrected chi connectivity index (χ1v) is 1.52. The Kier molecular flexibility index (Phi) is 3.51. The Morgan fingerprint density at radius 2 is 1.50 bits per heavy atom. The lowest BCUT2D eigenvalue weighted by molar-refractivity contribution is -0.168. The van der Waals surface area contributed by atoms with E-state index in [0.29, 0.717) is 6.92 Å². The van der Waals surface area contributed by atoms with Gasteiger partial charge in [0.1, 0.15) is 0 Å². The number of rotatable bonds is 0. The van der Waals surface area contributed by atoms with Gasteiger partial charge in [0.2, 0.25) is 5.78 Å². The van der Waals surface area contributed by atoms with E-state index in [4.69, 9.17) is 0 Å². The number of ketones is 1. The fourth-order valence-electron chi connectivity index (χ4n) is 0. The molecule has 8 heavy (non-hydrogen) atoms. The Bertz CT molecular complexity index is 83.8. The van der Waals surface area contributed by atoms with Crippen LogP contribution in [0.3, 0.4) is 0 Å². The predicted octanol–water partition coefficient (Wildman–Crippen LogP) is 1.77. The number of hydrogen-bond donors (Lipinski definition) is 0. The Morgan fingerprint density at radius 1 is 1.38 bits per heavy atom. The van der Waals surface area contributed by atoms with Gasteiger partial charge in [-0.05, 0) is 0 Å². The highest BCUT2D eigenvalue weighted by atomic mass is 19.4. The lowest BCUT2D eigenvalue weighted by Gasteiger charge is -1.95. The topological polar surface area (TPSA) is 17.1 Å². The van der Waals surface area contributed by atoms with Crippen molar-refractivity contribution >= 4 is 5.78 Å². The number of hydrogen-bond acceptors (Lipinski definition) is 1. The Morgan fingerprint density at radius 3 is 1.50 bits per heavy atom. The number of carbonyl (C=O) groups is 1. The molecule has 1 nitrogen and oxygen atoms in total. The second-order valence-electron chi connectivity index (χ2n) is 1.05. The molecule has 50 valence electrons.